The van der Waals surface area contributed by atoms with Gasteiger partial charge in [-0.3, -0.25) is 5.32 Å². The van der Waals surface area contributed by atoms with Crippen LogP contribution in [-0.4, -0.2) is 49.8 Å². The topological polar surface area (TPSA) is 48.3 Å². The Labute approximate surface area is 124 Å². The van der Waals surface area contributed by atoms with Gasteiger partial charge in [0.15, 0.2) is 0 Å². The molecule has 1 N–H and O–H groups in total. The Morgan fingerprint density at radius 3 is 2.65 bits per heavy atom. The third-order valence-electron chi connectivity index (χ3n) is 4.26. The average molecular weight is 281 g/mol. The first-order valence-electron chi connectivity index (χ1n) is 8.05. The molecule has 1 fully saturated rings. The number of hydrogen-bond acceptors (Lipinski definition) is 4. The molecule has 1 rings (SSSR count). The molecule has 1 heterocycles. The fraction of sp³-hybridized carbons (Fsp3) is 0.938. The summed E-state index contributed by atoms with van der Waals surface area (Å²) in [4.78, 5) is 2.46. The Bertz CT molecular complexity index is 297. The van der Waals surface area contributed by atoms with E-state index >= 15 is 0 Å². The molecule has 20 heavy (non-hydrogen) atoms. The molecule has 4 nitrogen and oxygen atoms in total. The Balaban J connectivity index is 2.17. The molecule has 0 aromatic rings. The van der Waals surface area contributed by atoms with Crippen LogP contribution in [0.1, 0.15) is 52.4 Å². The number of nitrogens with zero attached hydrogens (tertiary/aromatic N) is 2. The van der Waals surface area contributed by atoms with E-state index in [0.717, 1.165) is 58.4 Å². The molecule has 0 spiro atoms. The Hall–Kier alpha value is -0.630. The van der Waals surface area contributed by atoms with Crippen LogP contribution in [0, 0.1) is 11.3 Å². The standard InChI is InChI=1S/C16H31N3O/c1-4-10-18-16(2,14-17)9-5-6-11-19(3)15-7-12-20-13-8-15/h15,18H,4-13H2,1-3H3. The fourth-order valence-corrected chi connectivity index (χ4v) is 2.73. The highest BCUT2D eigenvalue weighted by molar-refractivity contribution is 5.03. The summed E-state index contributed by atoms with van der Waals surface area (Å²) in [5, 5.41) is 12.6. The SMILES string of the molecule is CCCNC(C)(C#N)CCCCN(C)C1CCOCC1. The molecule has 1 saturated heterocycles. The molecule has 1 aliphatic heterocycles. The van der Waals surface area contributed by atoms with E-state index in [0.29, 0.717) is 6.04 Å². The molecule has 116 valence electrons. The molecule has 1 aliphatic rings. The highest BCUT2D eigenvalue weighted by Crippen LogP contribution is 2.16. The van der Waals surface area contributed by atoms with Gasteiger partial charge >= 0.3 is 0 Å². The third-order valence-corrected chi connectivity index (χ3v) is 4.26. The van der Waals surface area contributed by atoms with E-state index in [1.54, 1.807) is 0 Å². The first-order valence-corrected chi connectivity index (χ1v) is 8.05. The summed E-state index contributed by atoms with van der Waals surface area (Å²) >= 11 is 0. The van der Waals surface area contributed by atoms with E-state index < -0.39 is 0 Å². The summed E-state index contributed by atoms with van der Waals surface area (Å²) in [7, 11) is 2.22. The second-order valence-corrected chi connectivity index (χ2v) is 6.15. The van der Waals surface area contributed by atoms with E-state index in [-0.39, 0.29) is 5.54 Å². The van der Waals surface area contributed by atoms with Crippen LogP contribution < -0.4 is 5.32 Å². The zero-order chi connectivity index (χ0) is 14.8. The van der Waals surface area contributed by atoms with Crippen LogP contribution in [0.5, 0.6) is 0 Å². The van der Waals surface area contributed by atoms with Crippen LogP contribution in [0.3, 0.4) is 0 Å². The molecule has 0 radical (unpaired) electrons. The van der Waals surface area contributed by atoms with E-state index in [1.165, 1.54) is 6.42 Å². The van der Waals surface area contributed by atoms with Crippen LogP contribution in [-0.2, 0) is 4.74 Å². The highest BCUT2D eigenvalue weighted by Gasteiger charge is 2.22. The molecule has 4 heteroatoms. The summed E-state index contributed by atoms with van der Waals surface area (Å²) in [6.45, 7) is 8.01. The van der Waals surface area contributed by atoms with Crippen LogP contribution in [0.25, 0.3) is 0 Å². The van der Waals surface area contributed by atoms with E-state index in [9.17, 15) is 5.26 Å². The molecule has 0 bridgehead atoms. The summed E-state index contributed by atoms with van der Waals surface area (Å²) in [6.07, 6.45) is 6.59. The first-order chi connectivity index (χ1) is 9.61. The maximum Gasteiger partial charge on any atom is 0.103 e. The van der Waals surface area contributed by atoms with Gasteiger partial charge in [-0.05, 0) is 65.6 Å². The maximum atomic E-state index is 9.29. The lowest BCUT2D eigenvalue weighted by Gasteiger charge is -2.31. The number of nitriles is 1. The predicted octanol–water partition coefficient (Wildman–Crippen LogP) is 2.55. The van der Waals surface area contributed by atoms with Crippen molar-refractivity contribution in [1.29, 1.82) is 5.26 Å². The molecule has 0 amide bonds. The largest absolute Gasteiger partial charge is 0.381 e. The average Bonchev–Trinajstić information content (AvgIpc) is 2.50. The zero-order valence-corrected chi connectivity index (χ0v) is 13.5. The smallest absolute Gasteiger partial charge is 0.103 e. The molecular weight excluding hydrogens is 250 g/mol. The molecule has 0 aromatic heterocycles. The second-order valence-electron chi connectivity index (χ2n) is 6.15. The van der Waals surface area contributed by atoms with Crippen molar-refractivity contribution < 1.29 is 4.74 Å². The minimum absolute atomic E-state index is 0.354. The van der Waals surface area contributed by atoms with E-state index in [2.05, 4.69) is 30.3 Å². The number of hydrogen-bond donors (Lipinski definition) is 1. The zero-order valence-electron chi connectivity index (χ0n) is 13.5. The molecule has 0 aromatic carbocycles. The van der Waals surface area contributed by atoms with E-state index in [1.807, 2.05) is 6.92 Å². The van der Waals surface area contributed by atoms with Gasteiger partial charge in [-0.25, -0.2) is 0 Å². The molecule has 0 aliphatic carbocycles. The summed E-state index contributed by atoms with van der Waals surface area (Å²) < 4.78 is 5.40. The summed E-state index contributed by atoms with van der Waals surface area (Å²) in [5.41, 5.74) is -0.354. The van der Waals surface area contributed by atoms with Crippen molar-refractivity contribution in [3.05, 3.63) is 0 Å². The van der Waals surface area contributed by atoms with Gasteiger partial charge < -0.3 is 9.64 Å². The third kappa shape index (κ3) is 6.21. The number of nitrogens with one attached hydrogen (secondary N) is 1. The quantitative estimate of drug-likeness (QED) is 0.660. The number of unbranched alkanes of at least 4 members (excludes halogenated alkanes) is 1. The summed E-state index contributed by atoms with van der Waals surface area (Å²) in [5.74, 6) is 0. The van der Waals surface area contributed by atoms with Gasteiger partial charge in [0.1, 0.15) is 5.54 Å². The van der Waals surface area contributed by atoms with E-state index in [4.69, 9.17) is 4.74 Å². The minimum atomic E-state index is -0.354. The van der Waals surface area contributed by atoms with Crippen LogP contribution in [0.2, 0.25) is 0 Å². The highest BCUT2D eigenvalue weighted by atomic mass is 16.5. The van der Waals surface area contributed by atoms with Crippen molar-refractivity contribution >= 4 is 0 Å². The van der Waals surface area contributed by atoms with Crippen molar-refractivity contribution in [2.24, 2.45) is 0 Å². The fourth-order valence-electron chi connectivity index (χ4n) is 2.73. The second kappa shape index (κ2) is 9.33. The van der Waals surface area contributed by atoms with Crippen LogP contribution >= 0.6 is 0 Å². The van der Waals surface area contributed by atoms with Gasteiger partial charge in [0.2, 0.25) is 0 Å². The van der Waals surface area contributed by atoms with Gasteiger partial charge in [0.05, 0.1) is 6.07 Å². The van der Waals surface area contributed by atoms with Gasteiger partial charge in [0, 0.05) is 19.3 Å². The van der Waals surface area contributed by atoms with Crippen molar-refractivity contribution in [2.45, 2.75) is 64.0 Å². The Morgan fingerprint density at radius 2 is 2.05 bits per heavy atom. The molecule has 0 saturated carbocycles. The van der Waals surface area contributed by atoms with Crippen LogP contribution in [0.4, 0.5) is 0 Å². The van der Waals surface area contributed by atoms with Gasteiger partial charge in [-0.1, -0.05) is 6.92 Å². The lowest BCUT2D eigenvalue weighted by atomic mass is 9.96. The normalized spacial score (nSPS) is 19.8. The molecule has 1 unspecified atom stereocenters. The van der Waals surface area contributed by atoms with Gasteiger partial charge in [-0.15, -0.1) is 0 Å². The monoisotopic (exact) mass is 281 g/mol. The van der Waals surface area contributed by atoms with Crippen molar-refractivity contribution in [3.8, 4) is 6.07 Å². The first kappa shape index (κ1) is 17.4. The van der Waals surface area contributed by atoms with Crippen molar-refractivity contribution in [3.63, 3.8) is 0 Å². The molecule has 1 atom stereocenters. The number of rotatable bonds is 9. The summed E-state index contributed by atoms with van der Waals surface area (Å²) in [6, 6.07) is 3.11. The van der Waals surface area contributed by atoms with Crippen molar-refractivity contribution in [1.82, 2.24) is 10.2 Å². The lowest BCUT2D eigenvalue weighted by molar-refractivity contribution is 0.0425. The van der Waals surface area contributed by atoms with Gasteiger partial charge in [0.25, 0.3) is 0 Å². The molecular formula is C16H31N3O. The maximum absolute atomic E-state index is 9.29. The Kier molecular flexibility index (Phi) is 8.13. The van der Waals surface area contributed by atoms with Crippen LogP contribution in [0.15, 0.2) is 0 Å². The minimum Gasteiger partial charge on any atom is -0.381 e. The Morgan fingerprint density at radius 1 is 1.35 bits per heavy atom. The number of ether oxygens (including phenoxy) is 1. The predicted molar refractivity (Wildman–Crippen MR) is 82.6 cm³/mol. The lowest BCUT2D eigenvalue weighted by Crippen LogP contribution is -2.41. The van der Waals surface area contributed by atoms with Gasteiger partial charge in [-0.2, -0.15) is 5.26 Å². The van der Waals surface area contributed by atoms with Crippen molar-refractivity contribution in [2.75, 3.05) is 33.4 Å².